The zero-order valence-electron chi connectivity index (χ0n) is 15.3. The number of carbonyl (C=O) groups excluding carboxylic acids is 1. The van der Waals surface area contributed by atoms with Crippen molar-refractivity contribution < 1.29 is 24.6 Å². The summed E-state index contributed by atoms with van der Waals surface area (Å²) in [6.07, 6.45) is 13.7. The molecule has 2 saturated carbocycles. The van der Waals surface area contributed by atoms with Crippen molar-refractivity contribution in [1.82, 2.24) is 15.3 Å². The molecule has 3 rings (SSSR count). The van der Waals surface area contributed by atoms with E-state index in [9.17, 15) is 14.4 Å². The van der Waals surface area contributed by atoms with E-state index in [1.165, 1.54) is 32.1 Å². The Balaban J connectivity index is 0.000000279. The fourth-order valence-electron chi connectivity index (χ4n) is 3.44. The van der Waals surface area contributed by atoms with Crippen molar-refractivity contribution in [1.29, 1.82) is 0 Å². The van der Waals surface area contributed by atoms with E-state index in [1.807, 2.05) is 6.20 Å². The number of hydrogen-bond donors (Lipinski definition) is 4. The molecule has 0 aliphatic heterocycles. The molecule has 2 atom stereocenters. The molecule has 148 valence electrons. The third kappa shape index (κ3) is 7.64. The van der Waals surface area contributed by atoms with Crippen LogP contribution in [-0.2, 0) is 14.4 Å². The molecule has 2 aliphatic carbocycles. The maximum Gasteiger partial charge on any atom is 0.328 e. The first-order chi connectivity index (χ1) is 13.0. The van der Waals surface area contributed by atoms with E-state index in [0.29, 0.717) is 18.1 Å². The van der Waals surface area contributed by atoms with Gasteiger partial charge in [-0.25, -0.2) is 14.6 Å². The summed E-state index contributed by atoms with van der Waals surface area (Å²) in [6.45, 7) is 0.854. The Morgan fingerprint density at radius 3 is 2.37 bits per heavy atom. The lowest BCUT2D eigenvalue weighted by molar-refractivity contribution is -0.134. The zero-order chi connectivity index (χ0) is 19.6. The fraction of sp³-hybridized carbons (Fsp3) is 0.579. The molecule has 0 saturated heterocycles. The lowest BCUT2D eigenvalue weighted by Gasteiger charge is -2.21. The number of rotatable bonds is 7. The first-order valence-electron chi connectivity index (χ1n) is 9.37. The van der Waals surface area contributed by atoms with Gasteiger partial charge >= 0.3 is 11.9 Å². The summed E-state index contributed by atoms with van der Waals surface area (Å²) in [5, 5.41) is 18.7. The Labute approximate surface area is 158 Å². The summed E-state index contributed by atoms with van der Waals surface area (Å²) < 4.78 is 0. The van der Waals surface area contributed by atoms with E-state index < -0.39 is 11.9 Å². The van der Waals surface area contributed by atoms with Crippen LogP contribution in [0.15, 0.2) is 24.7 Å². The number of hydrogen-bond acceptors (Lipinski definition) is 4. The lowest BCUT2D eigenvalue weighted by atomic mass is 9.87. The van der Waals surface area contributed by atoms with Crippen molar-refractivity contribution in [3.8, 4) is 0 Å². The highest BCUT2D eigenvalue weighted by molar-refractivity contribution is 5.89. The molecule has 1 aromatic rings. The van der Waals surface area contributed by atoms with Crippen molar-refractivity contribution in [2.24, 2.45) is 11.8 Å². The van der Waals surface area contributed by atoms with Crippen LogP contribution in [0.1, 0.15) is 56.6 Å². The van der Waals surface area contributed by atoms with Gasteiger partial charge < -0.3 is 20.5 Å². The second-order valence-corrected chi connectivity index (χ2v) is 7.04. The summed E-state index contributed by atoms with van der Waals surface area (Å²) in [6, 6.07) is 0. The van der Waals surface area contributed by atoms with Gasteiger partial charge in [0.25, 0.3) is 0 Å². The van der Waals surface area contributed by atoms with Crippen LogP contribution in [0.3, 0.4) is 0 Å². The van der Waals surface area contributed by atoms with Crippen LogP contribution in [0.4, 0.5) is 0 Å². The monoisotopic (exact) mass is 377 g/mol. The highest BCUT2D eigenvalue weighted by Gasteiger charge is 2.44. The molecule has 2 aliphatic rings. The van der Waals surface area contributed by atoms with Crippen molar-refractivity contribution in [3.05, 3.63) is 30.4 Å². The molecule has 0 aromatic carbocycles. The molecule has 0 spiro atoms. The molecular weight excluding hydrogens is 350 g/mol. The van der Waals surface area contributed by atoms with Gasteiger partial charge in [-0.05, 0) is 18.8 Å². The molecule has 27 heavy (non-hydrogen) atoms. The number of aromatic nitrogens is 2. The smallest absolute Gasteiger partial charge is 0.328 e. The second-order valence-electron chi connectivity index (χ2n) is 7.04. The minimum absolute atomic E-state index is 0.162. The highest BCUT2D eigenvalue weighted by atomic mass is 16.4. The van der Waals surface area contributed by atoms with Gasteiger partial charge in [-0.2, -0.15) is 0 Å². The molecule has 1 aromatic heterocycles. The molecule has 0 radical (unpaired) electrons. The van der Waals surface area contributed by atoms with E-state index in [2.05, 4.69) is 15.3 Å². The van der Waals surface area contributed by atoms with E-state index in [4.69, 9.17) is 10.2 Å². The Hall–Kier alpha value is -2.64. The minimum atomic E-state index is -1.26. The number of aliphatic carboxylic acids is 2. The summed E-state index contributed by atoms with van der Waals surface area (Å²) >= 11 is 0. The number of nitrogens with zero attached hydrogens (tertiary/aromatic N) is 1. The van der Waals surface area contributed by atoms with Gasteiger partial charge in [0.2, 0.25) is 5.91 Å². The van der Waals surface area contributed by atoms with E-state index >= 15 is 0 Å². The number of imidazole rings is 1. The normalized spacial score (nSPS) is 21.9. The summed E-state index contributed by atoms with van der Waals surface area (Å²) in [7, 11) is 0. The molecule has 0 bridgehead atoms. The average Bonchev–Trinajstić information content (AvgIpc) is 3.26. The van der Waals surface area contributed by atoms with E-state index in [-0.39, 0.29) is 11.8 Å². The standard InChI is InChI=1S/C15H23N3O.C4H4O4/c19-15(13-8-12(13)14-9-16-10-18-14)17-7-6-11-4-2-1-3-5-11;5-3(6)1-2-4(7)8/h9-13H,1-8H2,(H,16,18)(H,17,19);1-2H,(H,5,6)(H,7,8)/t12-,13-;/m0./s1. The Morgan fingerprint density at radius 1 is 1.15 bits per heavy atom. The number of aromatic amines is 1. The average molecular weight is 377 g/mol. The lowest BCUT2D eigenvalue weighted by Crippen LogP contribution is -2.28. The molecule has 1 heterocycles. The zero-order valence-corrected chi connectivity index (χ0v) is 15.3. The van der Waals surface area contributed by atoms with Crippen molar-refractivity contribution >= 4 is 17.8 Å². The molecule has 2 fully saturated rings. The van der Waals surface area contributed by atoms with Crippen molar-refractivity contribution in [3.63, 3.8) is 0 Å². The number of nitrogens with one attached hydrogen (secondary N) is 2. The first kappa shape index (κ1) is 20.7. The Morgan fingerprint density at radius 2 is 1.81 bits per heavy atom. The molecule has 4 N–H and O–H groups in total. The van der Waals surface area contributed by atoms with Crippen LogP contribution in [0.25, 0.3) is 0 Å². The highest BCUT2D eigenvalue weighted by Crippen LogP contribution is 2.46. The third-order valence-corrected chi connectivity index (χ3v) is 4.97. The predicted molar refractivity (Wildman–Crippen MR) is 98.0 cm³/mol. The molecule has 1 amide bonds. The first-order valence-corrected chi connectivity index (χ1v) is 9.37. The van der Waals surface area contributed by atoms with Gasteiger partial charge in [-0.3, -0.25) is 4.79 Å². The van der Waals surface area contributed by atoms with Gasteiger partial charge in [-0.15, -0.1) is 0 Å². The molecule has 8 nitrogen and oxygen atoms in total. The van der Waals surface area contributed by atoms with Crippen LogP contribution in [0, 0.1) is 11.8 Å². The largest absolute Gasteiger partial charge is 0.478 e. The predicted octanol–water partition coefficient (Wildman–Crippen LogP) is 2.31. The van der Waals surface area contributed by atoms with Crippen molar-refractivity contribution in [2.75, 3.05) is 6.54 Å². The van der Waals surface area contributed by atoms with Gasteiger partial charge in [0.15, 0.2) is 0 Å². The van der Waals surface area contributed by atoms with Crippen LogP contribution < -0.4 is 5.32 Å². The van der Waals surface area contributed by atoms with Gasteiger partial charge in [0, 0.05) is 36.7 Å². The second kappa shape index (κ2) is 10.5. The number of carboxylic acids is 2. The van der Waals surface area contributed by atoms with Gasteiger partial charge in [0.05, 0.1) is 12.0 Å². The van der Waals surface area contributed by atoms with Crippen LogP contribution in [-0.4, -0.2) is 44.6 Å². The quantitative estimate of drug-likeness (QED) is 0.539. The summed E-state index contributed by atoms with van der Waals surface area (Å²) in [5.74, 6) is -0.936. The molecule has 0 unspecified atom stereocenters. The maximum absolute atomic E-state index is 12.0. The van der Waals surface area contributed by atoms with Crippen LogP contribution >= 0.6 is 0 Å². The van der Waals surface area contributed by atoms with Crippen molar-refractivity contribution in [2.45, 2.75) is 50.9 Å². The van der Waals surface area contributed by atoms with Crippen LogP contribution in [0.2, 0.25) is 0 Å². The SMILES string of the molecule is O=C(NCCC1CCCCC1)[C@H]1C[C@@H]1c1c[nH]cn1.O=C(O)C=CC(=O)O. The number of carboxylic acid groups (broad SMARTS) is 2. The summed E-state index contributed by atoms with van der Waals surface area (Å²) in [5.41, 5.74) is 1.03. The Kier molecular flexibility index (Phi) is 8.03. The maximum atomic E-state index is 12.0. The number of H-pyrrole nitrogens is 1. The van der Waals surface area contributed by atoms with Gasteiger partial charge in [0.1, 0.15) is 0 Å². The fourth-order valence-corrected chi connectivity index (χ4v) is 3.44. The summed E-state index contributed by atoms with van der Waals surface area (Å²) in [4.78, 5) is 38.3. The third-order valence-electron chi connectivity index (χ3n) is 4.97. The van der Waals surface area contributed by atoms with Gasteiger partial charge in [-0.1, -0.05) is 32.1 Å². The van der Waals surface area contributed by atoms with E-state index in [0.717, 1.165) is 31.0 Å². The molecular formula is C19H27N3O5. The van der Waals surface area contributed by atoms with E-state index in [1.54, 1.807) is 6.33 Å². The number of amides is 1. The topological polar surface area (TPSA) is 132 Å². The van der Waals surface area contributed by atoms with Crippen LogP contribution in [0.5, 0.6) is 0 Å². The Bertz CT molecular complexity index is 634. The number of carbonyl (C=O) groups is 3. The molecule has 8 heteroatoms. The minimum Gasteiger partial charge on any atom is -0.478 e.